The fourth-order valence-electron chi connectivity index (χ4n) is 5.12. The van der Waals surface area contributed by atoms with Crippen LogP contribution in [-0.4, -0.2) is 37.7 Å². The van der Waals surface area contributed by atoms with E-state index in [9.17, 15) is 14.4 Å². The minimum Gasteiger partial charge on any atom is -0.495 e. The van der Waals surface area contributed by atoms with E-state index in [-0.39, 0.29) is 31.1 Å². The summed E-state index contributed by atoms with van der Waals surface area (Å²) in [4.78, 5) is 38.3. The van der Waals surface area contributed by atoms with Crippen molar-refractivity contribution in [2.24, 2.45) is 0 Å². The quantitative estimate of drug-likeness (QED) is 0.397. The van der Waals surface area contributed by atoms with E-state index in [2.05, 4.69) is 0 Å². The highest BCUT2D eigenvalue weighted by molar-refractivity contribution is 5.99. The standard InChI is InChI=1S/C29H30O8/c1-17-7-6-10-20(30)9-5-3-4-8-19-14-24-27(28(33-2)26(19)29(32)36-17)21(15-25(31)37-24)18-11-12-22-23(13-18)35-16-34-22/h4,8,11-14,17,21H,3,5-7,9-10,15-16H2,1-2H3/b8-4+/t17-,21+/m0/s1. The fourth-order valence-corrected chi connectivity index (χ4v) is 5.12. The van der Waals surface area contributed by atoms with Gasteiger partial charge in [-0.15, -0.1) is 0 Å². The largest absolute Gasteiger partial charge is 0.495 e. The number of allylic oxidation sites excluding steroid dienone is 1. The van der Waals surface area contributed by atoms with Crippen molar-refractivity contribution in [2.45, 2.75) is 63.9 Å². The number of rotatable bonds is 2. The maximum absolute atomic E-state index is 13.5. The molecule has 3 aliphatic rings. The molecule has 0 radical (unpaired) electrons. The van der Waals surface area contributed by atoms with E-state index in [1.807, 2.05) is 31.2 Å². The zero-order valence-corrected chi connectivity index (χ0v) is 21.0. The zero-order chi connectivity index (χ0) is 25.9. The molecule has 2 atom stereocenters. The van der Waals surface area contributed by atoms with Gasteiger partial charge in [0.15, 0.2) is 11.5 Å². The van der Waals surface area contributed by atoms with Crippen molar-refractivity contribution < 1.29 is 38.1 Å². The summed E-state index contributed by atoms with van der Waals surface area (Å²) < 4.78 is 28.3. The number of cyclic esters (lactones) is 1. The van der Waals surface area contributed by atoms with E-state index < -0.39 is 11.9 Å². The van der Waals surface area contributed by atoms with Crippen LogP contribution in [-0.2, 0) is 14.3 Å². The van der Waals surface area contributed by atoms with Crippen LogP contribution >= 0.6 is 0 Å². The van der Waals surface area contributed by atoms with E-state index in [1.165, 1.54) is 7.11 Å². The molecular weight excluding hydrogens is 476 g/mol. The molecule has 194 valence electrons. The number of methoxy groups -OCH3 is 1. The molecule has 0 saturated heterocycles. The van der Waals surface area contributed by atoms with E-state index in [4.69, 9.17) is 23.7 Å². The Labute approximate surface area is 215 Å². The first-order chi connectivity index (χ1) is 17.9. The maximum atomic E-state index is 13.5. The van der Waals surface area contributed by atoms with E-state index >= 15 is 0 Å². The van der Waals surface area contributed by atoms with Crippen molar-refractivity contribution >= 4 is 23.8 Å². The second-order valence-corrected chi connectivity index (χ2v) is 9.57. The molecule has 2 aromatic rings. The van der Waals surface area contributed by atoms with Gasteiger partial charge < -0.3 is 23.7 Å². The lowest BCUT2D eigenvalue weighted by atomic mass is 9.83. The highest BCUT2D eigenvalue weighted by Crippen LogP contribution is 2.49. The van der Waals surface area contributed by atoms with E-state index in [1.54, 1.807) is 12.1 Å². The van der Waals surface area contributed by atoms with Crippen molar-refractivity contribution in [3.8, 4) is 23.0 Å². The number of carbonyl (C=O) groups is 3. The highest BCUT2D eigenvalue weighted by Gasteiger charge is 2.36. The first-order valence-corrected chi connectivity index (χ1v) is 12.7. The molecule has 0 amide bonds. The van der Waals surface area contributed by atoms with Gasteiger partial charge >= 0.3 is 11.9 Å². The van der Waals surface area contributed by atoms with Crippen LogP contribution in [0.1, 0.15) is 84.8 Å². The average Bonchev–Trinajstić information content (AvgIpc) is 3.34. The summed E-state index contributed by atoms with van der Waals surface area (Å²) in [5.41, 5.74) is 2.27. The molecule has 0 unspecified atom stereocenters. The number of fused-ring (bicyclic) bond motifs is 3. The van der Waals surface area contributed by atoms with Crippen LogP contribution in [0, 0.1) is 0 Å². The number of Topliss-reactive ketones (excluding diaryl/α,β-unsaturated/α-hetero) is 1. The molecule has 3 heterocycles. The highest BCUT2D eigenvalue weighted by atomic mass is 16.7. The van der Waals surface area contributed by atoms with Crippen LogP contribution in [0.3, 0.4) is 0 Å². The number of hydrogen-bond acceptors (Lipinski definition) is 8. The van der Waals surface area contributed by atoms with Gasteiger partial charge in [0.2, 0.25) is 6.79 Å². The average molecular weight is 507 g/mol. The first kappa shape index (κ1) is 24.9. The third-order valence-electron chi connectivity index (χ3n) is 6.96. The number of ketones is 1. The lowest BCUT2D eigenvalue weighted by Crippen LogP contribution is -2.24. The molecule has 0 bridgehead atoms. The molecule has 0 fully saturated rings. The second kappa shape index (κ2) is 10.7. The Kier molecular flexibility index (Phi) is 7.17. The van der Waals surface area contributed by atoms with Gasteiger partial charge in [-0.25, -0.2) is 4.79 Å². The molecule has 37 heavy (non-hydrogen) atoms. The SMILES string of the molecule is COc1c2c(cc3c1[C@@H](c1ccc4c(c1)OCO4)CC(=O)O3)/C=C/CCCC(=O)CCC[C@H](C)OC2=O. The predicted octanol–water partition coefficient (Wildman–Crippen LogP) is 5.35. The first-order valence-electron chi connectivity index (χ1n) is 12.7. The molecule has 8 nitrogen and oxygen atoms in total. The van der Waals surface area contributed by atoms with Crippen molar-refractivity contribution in [1.29, 1.82) is 0 Å². The van der Waals surface area contributed by atoms with Crippen molar-refractivity contribution in [3.05, 3.63) is 52.6 Å². The van der Waals surface area contributed by atoms with E-state index in [0.717, 1.165) is 12.0 Å². The van der Waals surface area contributed by atoms with Gasteiger partial charge in [0.25, 0.3) is 0 Å². The normalized spacial score (nSPS) is 22.7. The summed E-state index contributed by atoms with van der Waals surface area (Å²) in [6, 6.07) is 7.24. The number of ether oxygens (including phenoxy) is 5. The third-order valence-corrected chi connectivity index (χ3v) is 6.96. The van der Waals surface area contributed by atoms with Crippen molar-refractivity contribution in [1.82, 2.24) is 0 Å². The minimum atomic E-state index is -0.517. The monoisotopic (exact) mass is 506 g/mol. The van der Waals surface area contributed by atoms with Crippen LogP contribution in [0.25, 0.3) is 6.08 Å². The van der Waals surface area contributed by atoms with Gasteiger partial charge in [0, 0.05) is 24.3 Å². The van der Waals surface area contributed by atoms with Gasteiger partial charge in [-0.2, -0.15) is 0 Å². The van der Waals surface area contributed by atoms with Crippen LogP contribution in [0.4, 0.5) is 0 Å². The van der Waals surface area contributed by atoms with Gasteiger partial charge in [-0.05, 0) is 61.9 Å². The maximum Gasteiger partial charge on any atom is 0.342 e. The minimum absolute atomic E-state index is 0.0805. The Bertz CT molecular complexity index is 1260. The third kappa shape index (κ3) is 5.19. The molecule has 0 saturated carbocycles. The van der Waals surface area contributed by atoms with Gasteiger partial charge in [0.05, 0.1) is 19.6 Å². The van der Waals surface area contributed by atoms with Crippen LogP contribution < -0.4 is 18.9 Å². The second-order valence-electron chi connectivity index (χ2n) is 9.57. The fraction of sp³-hybridized carbons (Fsp3) is 0.414. The lowest BCUT2D eigenvalue weighted by Gasteiger charge is -2.29. The zero-order valence-electron chi connectivity index (χ0n) is 21.0. The molecule has 3 aliphatic heterocycles. The Morgan fingerprint density at radius 1 is 0.973 bits per heavy atom. The summed E-state index contributed by atoms with van der Waals surface area (Å²) in [6.45, 7) is 1.97. The molecule has 0 aliphatic carbocycles. The van der Waals surface area contributed by atoms with Crippen molar-refractivity contribution in [2.75, 3.05) is 13.9 Å². The van der Waals surface area contributed by atoms with Crippen molar-refractivity contribution in [3.63, 3.8) is 0 Å². The van der Waals surface area contributed by atoms with Gasteiger partial charge in [0.1, 0.15) is 22.8 Å². The molecular formula is C29H30O8. The Morgan fingerprint density at radius 3 is 2.62 bits per heavy atom. The summed E-state index contributed by atoms with van der Waals surface area (Å²) in [5.74, 6) is 0.824. The smallest absolute Gasteiger partial charge is 0.342 e. The Balaban J connectivity index is 1.62. The molecule has 8 heteroatoms. The number of benzene rings is 2. The molecule has 5 rings (SSSR count). The summed E-state index contributed by atoms with van der Waals surface area (Å²) in [6.07, 6.45) is 7.10. The topological polar surface area (TPSA) is 97.4 Å². The van der Waals surface area contributed by atoms with E-state index in [0.29, 0.717) is 71.8 Å². The predicted molar refractivity (Wildman–Crippen MR) is 134 cm³/mol. The summed E-state index contributed by atoms with van der Waals surface area (Å²) in [5, 5.41) is 0. The Hall–Kier alpha value is -3.81. The van der Waals surface area contributed by atoms with Crippen LogP contribution in [0.5, 0.6) is 23.0 Å². The lowest BCUT2D eigenvalue weighted by molar-refractivity contribution is -0.135. The molecule has 0 aromatic heterocycles. The Morgan fingerprint density at radius 2 is 1.78 bits per heavy atom. The number of esters is 2. The number of carbonyl (C=O) groups excluding carboxylic acids is 3. The summed E-state index contributed by atoms with van der Waals surface area (Å²) >= 11 is 0. The van der Waals surface area contributed by atoms with Crippen LogP contribution in [0.15, 0.2) is 30.3 Å². The van der Waals surface area contributed by atoms with Gasteiger partial charge in [-0.3, -0.25) is 9.59 Å². The molecule has 0 spiro atoms. The molecule has 2 aromatic carbocycles. The molecule has 0 N–H and O–H groups in total. The van der Waals surface area contributed by atoms with Crippen LogP contribution in [0.2, 0.25) is 0 Å². The summed E-state index contributed by atoms with van der Waals surface area (Å²) in [7, 11) is 1.50. The van der Waals surface area contributed by atoms with Gasteiger partial charge in [-0.1, -0.05) is 18.2 Å². The number of hydrogen-bond donors (Lipinski definition) is 0.